The zero-order valence-corrected chi connectivity index (χ0v) is 10.0. The van der Waals surface area contributed by atoms with E-state index < -0.39 is 16.3 Å². The van der Waals surface area contributed by atoms with Gasteiger partial charge in [0.05, 0.1) is 0 Å². The van der Waals surface area contributed by atoms with Gasteiger partial charge in [0.25, 0.3) is 0 Å². The Morgan fingerprint density at radius 2 is 2.17 bits per heavy atom. The van der Waals surface area contributed by atoms with Crippen LogP contribution in [0.4, 0.5) is 0 Å². The van der Waals surface area contributed by atoms with Gasteiger partial charge >= 0.3 is 30.2 Å². The molecule has 5 nitrogen and oxygen atoms in total. The van der Waals surface area contributed by atoms with Crippen LogP contribution in [0.2, 0.25) is 0 Å². The quantitative estimate of drug-likeness (QED) is 0.304. The SMILES string of the molecule is O=C(O)C(Sc1ccc2sccc2c1)[N+](=O)[O-].[LiH]. The van der Waals surface area contributed by atoms with Crippen LogP contribution in [0.25, 0.3) is 10.1 Å². The Bertz CT molecular complexity index is 572. The number of thioether (sulfide) groups is 1. The molecule has 0 bridgehead atoms. The Morgan fingerprint density at radius 1 is 1.44 bits per heavy atom. The first-order valence-corrected chi connectivity index (χ1v) is 6.34. The number of hydrogen-bond acceptors (Lipinski definition) is 5. The second-order valence-corrected chi connectivity index (χ2v) is 5.32. The van der Waals surface area contributed by atoms with Crippen LogP contribution >= 0.6 is 23.1 Å². The molecule has 1 atom stereocenters. The molecule has 1 N–H and O–H groups in total. The van der Waals surface area contributed by atoms with E-state index in [2.05, 4.69) is 0 Å². The van der Waals surface area contributed by atoms with Gasteiger partial charge in [-0.2, -0.15) is 0 Å². The van der Waals surface area contributed by atoms with E-state index in [-0.39, 0.29) is 18.9 Å². The van der Waals surface area contributed by atoms with E-state index in [0.717, 1.165) is 21.8 Å². The molecule has 0 amide bonds. The number of rotatable bonds is 4. The Kier molecular flexibility index (Phi) is 5.23. The summed E-state index contributed by atoms with van der Waals surface area (Å²) in [6, 6.07) is 7.19. The summed E-state index contributed by atoms with van der Waals surface area (Å²) in [5, 5.41) is 20.5. The first-order chi connectivity index (χ1) is 8.08. The molecule has 0 saturated carbocycles. The fourth-order valence-corrected chi connectivity index (χ4v) is 2.89. The molecule has 2 aromatic rings. The van der Waals surface area contributed by atoms with Gasteiger partial charge in [0.2, 0.25) is 0 Å². The molecular weight excluding hydrogens is 269 g/mol. The number of nitrogens with zero attached hydrogens (tertiary/aromatic N) is 1. The van der Waals surface area contributed by atoms with Gasteiger partial charge in [-0.3, -0.25) is 10.1 Å². The summed E-state index contributed by atoms with van der Waals surface area (Å²) < 4.78 is 1.07. The molecule has 2 rings (SSSR count). The molecule has 1 unspecified atom stereocenters. The number of thiophene rings is 1. The third-order valence-corrected chi connectivity index (χ3v) is 4.10. The van der Waals surface area contributed by atoms with E-state index in [9.17, 15) is 14.9 Å². The van der Waals surface area contributed by atoms with Crippen molar-refractivity contribution >= 4 is 58.0 Å². The monoisotopic (exact) mass is 277 g/mol. The van der Waals surface area contributed by atoms with Crippen LogP contribution in [0, 0.1) is 10.1 Å². The molecule has 0 aliphatic rings. The number of carboxylic acid groups (broad SMARTS) is 1. The normalized spacial score (nSPS) is 11.8. The predicted molar refractivity (Wildman–Crippen MR) is 73.2 cm³/mol. The van der Waals surface area contributed by atoms with Gasteiger partial charge in [-0.25, -0.2) is 4.79 Å². The van der Waals surface area contributed by atoms with E-state index >= 15 is 0 Å². The fourth-order valence-electron chi connectivity index (χ4n) is 1.33. The Balaban J connectivity index is 0.00000162. The third-order valence-electron chi connectivity index (χ3n) is 2.07. The number of fused-ring (bicyclic) bond motifs is 1. The van der Waals surface area contributed by atoms with Gasteiger partial charge in [0, 0.05) is 14.5 Å². The summed E-state index contributed by atoms with van der Waals surface area (Å²) in [5.41, 5.74) is 0. The van der Waals surface area contributed by atoms with Crippen molar-refractivity contribution in [2.24, 2.45) is 0 Å². The molecule has 1 aromatic carbocycles. The number of nitro groups is 1. The van der Waals surface area contributed by atoms with Gasteiger partial charge in [0.1, 0.15) is 0 Å². The standard InChI is InChI=1S/C10H7NO4S2.Li.H/c12-10(13)9(11(14)15)17-7-1-2-8-6(5-7)3-4-16-8;;/h1-5,9H,(H,12,13);;. The van der Waals surface area contributed by atoms with Gasteiger partial charge in [-0.05, 0) is 46.8 Å². The van der Waals surface area contributed by atoms with Crippen molar-refractivity contribution < 1.29 is 14.8 Å². The molecule has 0 saturated heterocycles. The minimum atomic E-state index is -1.66. The van der Waals surface area contributed by atoms with E-state index in [0.29, 0.717) is 4.90 Å². The van der Waals surface area contributed by atoms with Crippen molar-refractivity contribution in [3.05, 3.63) is 39.8 Å². The molecule has 0 fully saturated rings. The average Bonchev–Trinajstić information content (AvgIpc) is 2.71. The maximum absolute atomic E-state index is 10.7. The van der Waals surface area contributed by atoms with Crippen molar-refractivity contribution in [1.82, 2.24) is 0 Å². The summed E-state index contributed by atoms with van der Waals surface area (Å²) >= 11 is 2.30. The van der Waals surface area contributed by atoms with Crippen molar-refractivity contribution in [3.63, 3.8) is 0 Å². The Labute approximate surface area is 123 Å². The summed E-state index contributed by atoms with van der Waals surface area (Å²) in [7, 11) is 0. The second kappa shape index (κ2) is 6.25. The number of carboxylic acids is 1. The van der Waals surface area contributed by atoms with Crippen LogP contribution in [-0.2, 0) is 4.79 Å². The minimum absolute atomic E-state index is 0. The predicted octanol–water partition coefficient (Wildman–Crippen LogP) is 2.03. The van der Waals surface area contributed by atoms with Crippen molar-refractivity contribution in [1.29, 1.82) is 0 Å². The van der Waals surface area contributed by atoms with Gasteiger partial charge in [-0.15, -0.1) is 11.3 Å². The van der Waals surface area contributed by atoms with Crippen LogP contribution in [0.3, 0.4) is 0 Å². The third kappa shape index (κ3) is 3.27. The van der Waals surface area contributed by atoms with Crippen LogP contribution in [0.1, 0.15) is 0 Å². The van der Waals surface area contributed by atoms with E-state index in [1.54, 1.807) is 23.5 Å². The zero-order valence-electron chi connectivity index (χ0n) is 8.40. The maximum atomic E-state index is 10.7. The van der Waals surface area contributed by atoms with E-state index in [1.165, 1.54) is 0 Å². The number of benzene rings is 1. The number of aliphatic carboxylic acids is 1. The van der Waals surface area contributed by atoms with Gasteiger partial charge in [0.15, 0.2) is 0 Å². The van der Waals surface area contributed by atoms with Crippen LogP contribution in [0.15, 0.2) is 34.5 Å². The topological polar surface area (TPSA) is 80.4 Å². The number of carbonyl (C=O) groups is 1. The van der Waals surface area contributed by atoms with Gasteiger partial charge < -0.3 is 5.11 Å². The van der Waals surface area contributed by atoms with Crippen LogP contribution < -0.4 is 0 Å². The molecule has 1 aromatic heterocycles. The Hall–Kier alpha value is -1.00. The molecule has 90 valence electrons. The van der Waals surface area contributed by atoms with Crippen molar-refractivity contribution in [2.75, 3.05) is 0 Å². The Morgan fingerprint density at radius 3 is 2.78 bits per heavy atom. The second-order valence-electron chi connectivity index (χ2n) is 3.21. The molecule has 0 aliphatic heterocycles. The van der Waals surface area contributed by atoms with Crippen molar-refractivity contribution in [3.8, 4) is 0 Å². The molecule has 0 aliphatic carbocycles. The summed E-state index contributed by atoms with van der Waals surface area (Å²) in [5.74, 6) is -1.44. The molecule has 1 heterocycles. The van der Waals surface area contributed by atoms with E-state index in [1.807, 2.05) is 17.5 Å². The van der Waals surface area contributed by atoms with Crippen LogP contribution in [0.5, 0.6) is 0 Å². The summed E-state index contributed by atoms with van der Waals surface area (Å²) in [4.78, 5) is 21.0. The van der Waals surface area contributed by atoms with Crippen LogP contribution in [-0.4, -0.2) is 40.2 Å². The van der Waals surface area contributed by atoms with E-state index in [4.69, 9.17) is 5.11 Å². The van der Waals surface area contributed by atoms with Gasteiger partial charge in [-0.1, -0.05) is 0 Å². The zero-order chi connectivity index (χ0) is 12.4. The molecule has 18 heavy (non-hydrogen) atoms. The first-order valence-electron chi connectivity index (χ1n) is 4.58. The summed E-state index contributed by atoms with van der Waals surface area (Å²) in [6.07, 6.45) is 0. The first kappa shape index (κ1) is 15.1. The molecule has 8 heteroatoms. The fraction of sp³-hybridized carbons (Fsp3) is 0.100. The molecule has 0 radical (unpaired) electrons. The average molecular weight is 277 g/mol. The molecule has 0 spiro atoms. The van der Waals surface area contributed by atoms with Crippen molar-refractivity contribution in [2.45, 2.75) is 10.3 Å². The summed E-state index contributed by atoms with van der Waals surface area (Å²) in [6.45, 7) is 0. The molecular formula is C10H8LiNO4S2. The number of hydrogen-bond donors (Lipinski definition) is 1.